The molecule has 2 saturated carbocycles. The van der Waals surface area contributed by atoms with Crippen LogP contribution >= 0.6 is 0 Å². The molecule has 0 aliphatic heterocycles. The van der Waals surface area contributed by atoms with Gasteiger partial charge in [0.05, 0.1) is 5.92 Å². The molecule has 4 nitrogen and oxygen atoms in total. The zero-order valence-corrected chi connectivity index (χ0v) is 15.3. The minimum Gasteiger partial charge on any atom is -0.481 e. The van der Waals surface area contributed by atoms with Crippen molar-refractivity contribution in [2.24, 2.45) is 11.8 Å². The smallest absolute Gasteiger partial charge is 0.306 e. The fourth-order valence-electron chi connectivity index (χ4n) is 4.65. The molecule has 1 aromatic rings. The summed E-state index contributed by atoms with van der Waals surface area (Å²) in [5, 5.41) is 9.13. The highest BCUT2D eigenvalue weighted by molar-refractivity contribution is 5.79. The Hall–Kier alpha value is -1.84. The van der Waals surface area contributed by atoms with Crippen molar-refractivity contribution < 1.29 is 14.7 Å². The number of aryl methyl sites for hydroxylation is 1. The zero-order chi connectivity index (χ0) is 18.0. The Morgan fingerprint density at radius 1 is 0.960 bits per heavy atom. The summed E-state index contributed by atoms with van der Waals surface area (Å²) < 4.78 is 0. The Labute approximate surface area is 150 Å². The molecule has 136 valence electrons. The molecule has 0 radical (unpaired) electrons. The molecule has 2 aliphatic carbocycles. The Kier molecular flexibility index (Phi) is 5.45. The maximum absolute atomic E-state index is 13.0. The van der Waals surface area contributed by atoms with Crippen LogP contribution in [-0.4, -0.2) is 35.0 Å². The monoisotopic (exact) mass is 343 g/mol. The van der Waals surface area contributed by atoms with Crippen LogP contribution in [-0.2, 0) is 9.59 Å². The van der Waals surface area contributed by atoms with Gasteiger partial charge in [0.25, 0.3) is 0 Å². The molecule has 2 fully saturated rings. The van der Waals surface area contributed by atoms with Crippen LogP contribution in [0.1, 0.15) is 62.0 Å². The molecule has 0 heterocycles. The number of amides is 1. The molecule has 2 atom stereocenters. The Balaban J connectivity index is 1.65. The van der Waals surface area contributed by atoms with E-state index in [0.29, 0.717) is 31.6 Å². The van der Waals surface area contributed by atoms with Crippen LogP contribution in [0.2, 0.25) is 0 Å². The molecule has 1 N–H and O–H groups in total. The number of carbonyl (C=O) groups is 2. The van der Waals surface area contributed by atoms with Gasteiger partial charge in [-0.1, -0.05) is 36.2 Å². The molecular weight excluding hydrogens is 314 g/mol. The first-order valence-electron chi connectivity index (χ1n) is 9.53. The lowest BCUT2D eigenvalue weighted by Crippen LogP contribution is -2.43. The first-order valence-corrected chi connectivity index (χ1v) is 9.53. The number of benzene rings is 1. The highest BCUT2D eigenvalue weighted by Crippen LogP contribution is 2.39. The van der Waals surface area contributed by atoms with E-state index in [0.717, 1.165) is 19.3 Å². The summed E-state index contributed by atoms with van der Waals surface area (Å²) in [5.41, 5.74) is 2.60. The van der Waals surface area contributed by atoms with E-state index in [1.807, 2.05) is 11.9 Å². The van der Waals surface area contributed by atoms with E-state index in [1.54, 1.807) is 0 Å². The molecule has 0 bridgehead atoms. The second kappa shape index (κ2) is 7.59. The zero-order valence-electron chi connectivity index (χ0n) is 15.3. The molecule has 3 rings (SSSR count). The standard InChI is InChI=1S/C21H29NO3/c1-14-6-8-15(9-7-14)18-4-3-5-19(18)22(2)20(23)16-10-12-17(13-11-16)21(24)25/h6-9,16-19H,3-5,10-13H2,1-2H3,(H,24,25). The summed E-state index contributed by atoms with van der Waals surface area (Å²) in [6.45, 7) is 2.10. The molecular formula is C21H29NO3. The number of rotatable bonds is 4. The number of carboxylic acid groups (broad SMARTS) is 1. The normalized spacial score (nSPS) is 29.4. The third-order valence-corrected chi connectivity index (χ3v) is 6.26. The van der Waals surface area contributed by atoms with Crippen molar-refractivity contribution in [1.82, 2.24) is 4.90 Å². The number of hydrogen-bond donors (Lipinski definition) is 1. The number of carbonyl (C=O) groups excluding carboxylic acids is 1. The van der Waals surface area contributed by atoms with E-state index < -0.39 is 5.97 Å². The van der Waals surface area contributed by atoms with Crippen LogP contribution in [0.15, 0.2) is 24.3 Å². The van der Waals surface area contributed by atoms with Crippen molar-refractivity contribution in [1.29, 1.82) is 0 Å². The predicted molar refractivity (Wildman–Crippen MR) is 97.4 cm³/mol. The van der Waals surface area contributed by atoms with Crippen molar-refractivity contribution in [2.75, 3.05) is 7.05 Å². The average Bonchev–Trinajstić information content (AvgIpc) is 3.11. The van der Waals surface area contributed by atoms with Crippen LogP contribution in [0.3, 0.4) is 0 Å². The molecule has 4 heteroatoms. The molecule has 0 aromatic heterocycles. The van der Waals surface area contributed by atoms with Gasteiger partial charge in [0.1, 0.15) is 0 Å². The summed E-state index contributed by atoms with van der Waals surface area (Å²) in [6, 6.07) is 8.98. The molecule has 1 aromatic carbocycles. The number of aliphatic carboxylic acids is 1. The third kappa shape index (κ3) is 3.88. The third-order valence-electron chi connectivity index (χ3n) is 6.26. The van der Waals surface area contributed by atoms with Crippen molar-refractivity contribution >= 4 is 11.9 Å². The molecule has 0 spiro atoms. The number of carboxylic acids is 1. The van der Waals surface area contributed by atoms with Gasteiger partial charge in [-0.15, -0.1) is 0 Å². The first kappa shape index (κ1) is 18.0. The lowest BCUT2D eigenvalue weighted by molar-refractivity contribution is -0.146. The average molecular weight is 343 g/mol. The van der Waals surface area contributed by atoms with Crippen LogP contribution in [0.5, 0.6) is 0 Å². The van der Waals surface area contributed by atoms with E-state index in [-0.39, 0.29) is 23.8 Å². The van der Waals surface area contributed by atoms with Gasteiger partial charge in [-0.25, -0.2) is 0 Å². The SMILES string of the molecule is Cc1ccc(C2CCCC2N(C)C(=O)C2CCC(C(=O)O)CC2)cc1. The summed E-state index contributed by atoms with van der Waals surface area (Å²) in [7, 11) is 1.95. The number of hydrogen-bond acceptors (Lipinski definition) is 2. The second-order valence-electron chi connectivity index (χ2n) is 7.85. The van der Waals surface area contributed by atoms with Crippen molar-refractivity contribution in [2.45, 2.75) is 63.8 Å². The molecule has 25 heavy (non-hydrogen) atoms. The van der Waals surface area contributed by atoms with Gasteiger partial charge in [0.2, 0.25) is 5.91 Å². The Bertz CT molecular complexity index is 617. The fourth-order valence-corrected chi connectivity index (χ4v) is 4.65. The van der Waals surface area contributed by atoms with Gasteiger partial charge in [-0.2, -0.15) is 0 Å². The molecule has 2 unspecified atom stereocenters. The summed E-state index contributed by atoms with van der Waals surface area (Å²) in [6.07, 6.45) is 6.04. The largest absolute Gasteiger partial charge is 0.481 e. The topological polar surface area (TPSA) is 57.6 Å². The highest BCUT2D eigenvalue weighted by atomic mass is 16.4. The number of nitrogens with zero attached hydrogens (tertiary/aromatic N) is 1. The summed E-state index contributed by atoms with van der Waals surface area (Å²) in [5.74, 6) is -0.340. The summed E-state index contributed by atoms with van der Waals surface area (Å²) in [4.78, 5) is 26.0. The van der Waals surface area contributed by atoms with Gasteiger partial charge in [0, 0.05) is 24.9 Å². The fraction of sp³-hybridized carbons (Fsp3) is 0.619. The van der Waals surface area contributed by atoms with Crippen LogP contribution in [0.25, 0.3) is 0 Å². The van der Waals surface area contributed by atoms with Gasteiger partial charge >= 0.3 is 5.97 Å². The van der Waals surface area contributed by atoms with Crippen molar-refractivity contribution in [3.63, 3.8) is 0 Å². The lowest BCUT2D eigenvalue weighted by atomic mass is 9.81. The van der Waals surface area contributed by atoms with Crippen molar-refractivity contribution in [3.05, 3.63) is 35.4 Å². The van der Waals surface area contributed by atoms with Gasteiger partial charge in [0.15, 0.2) is 0 Å². The Morgan fingerprint density at radius 2 is 1.56 bits per heavy atom. The van der Waals surface area contributed by atoms with Crippen LogP contribution in [0, 0.1) is 18.8 Å². The predicted octanol–water partition coefficient (Wildman–Crippen LogP) is 3.98. The molecule has 1 amide bonds. The Morgan fingerprint density at radius 3 is 2.16 bits per heavy atom. The van der Waals surface area contributed by atoms with Crippen LogP contribution in [0.4, 0.5) is 0 Å². The second-order valence-corrected chi connectivity index (χ2v) is 7.85. The molecule has 0 saturated heterocycles. The minimum atomic E-state index is -0.713. The van der Waals surface area contributed by atoms with E-state index >= 15 is 0 Å². The van der Waals surface area contributed by atoms with E-state index in [2.05, 4.69) is 31.2 Å². The van der Waals surface area contributed by atoms with E-state index in [1.165, 1.54) is 11.1 Å². The number of likely N-dealkylation sites (N-methyl/N-ethyl adjacent to an activating group) is 1. The first-order chi connectivity index (χ1) is 12.0. The maximum Gasteiger partial charge on any atom is 0.306 e. The summed E-state index contributed by atoms with van der Waals surface area (Å²) >= 11 is 0. The van der Waals surface area contributed by atoms with Gasteiger partial charge in [-0.3, -0.25) is 9.59 Å². The lowest BCUT2D eigenvalue weighted by Gasteiger charge is -2.35. The van der Waals surface area contributed by atoms with E-state index in [9.17, 15) is 9.59 Å². The van der Waals surface area contributed by atoms with Crippen molar-refractivity contribution in [3.8, 4) is 0 Å². The van der Waals surface area contributed by atoms with Gasteiger partial charge < -0.3 is 10.0 Å². The molecule has 2 aliphatic rings. The highest BCUT2D eigenvalue weighted by Gasteiger charge is 2.37. The van der Waals surface area contributed by atoms with Crippen LogP contribution < -0.4 is 0 Å². The quantitative estimate of drug-likeness (QED) is 0.899. The minimum absolute atomic E-state index is 0.000122. The maximum atomic E-state index is 13.0. The van der Waals surface area contributed by atoms with Gasteiger partial charge in [-0.05, 0) is 51.0 Å². The van der Waals surface area contributed by atoms with E-state index in [4.69, 9.17) is 5.11 Å².